The van der Waals surface area contributed by atoms with Crippen molar-refractivity contribution in [1.29, 1.82) is 0 Å². The predicted octanol–water partition coefficient (Wildman–Crippen LogP) is 15.6. The Morgan fingerprint density at radius 1 is 0.360 bits per heavy atom. The first-order valence-corrected chi connectivity index (χ1v) is 26.7. The maximum atomic E-state index is 14.8. The number of benzene rings is 10. The molecule has 15 rings (SSSR count). The fourth-order valence-electron chi connectivity index (χ4n) is 12.0. The minimum Gasteiger partial charge on any atom is -0.309 e. The van der Waals surface area contributed by atoms with Gasteiger partial charge in [-0.15, -0.1) is 0 Å². The molecule has 9 heteroatoms. The summed E-state index contributed by atoms with van der Waals surface area (Å²) in [7, 11) is -3.87. The highest BCUT2D eigenvalue weighted by atomic mass is 32.2. The summed E-state index contributed by atoms with van der Waals surface area (Å²) < 4.78 is 36.4. The van der Waals surface area contributed by atoms with Crippen LogP contribution >= 0.6 is 0 Å². The summed E-state index contributed by atoms with van der Waals surface area (Å²) in [6.45, 7) is 4.30. The normalized spacial score (nSPS) is 13.8. The number of aromatic nitrogens is 6. The number of para-hydroxylation sites is 4. The zero-order chi connectivity index (χ0) is 50.2. The molecule has 0 aliphatic carbocycles. The van der Waals surface area contributed by atoms with Gasteiger partial charge in [0.1, 0.15) is 0 Å². The van der Waals surface area contributed by atoms with Crippen molar-refractivity contribution in [3.63, 3.8) is 0 Å². The molecule has 0 unspecified atom stereocenters. The van der Waals surface area contributed by atoms with E-state index in [1.165, 1.54) is 0 Å². The molecule has 4 aromatic heterocycles. The van der Waals surface area contributed by atoms with Crippen LogP contribution in [0.25, 0.3) is 117 Å². The second-order valence-corrected chi connectivity index (χ2v) is 21.9. The summed E-state index contributed by atoms with van der Waals surface area (Å²) in [6, 6.07) is 78.7. The predicted molar refractivity (Wildman–Crippen MR) is 303 cm³/mol. The van der Waals surface area contributed by atoms with Crippen molar-refractivity contribution in [1.82, 2.24) is 28.7 Å². The summed E-state index contributed by atoms with van der Waals surface area (Å²) in [5, 5.41) is 6.52. The minimum absolute atomic E-state index is 0.335. The van der Waals surface area contributed by atoms with E-state index in [1.807, 2.05) is 84.9 Å². The second kappa shape index (κ2) is 16.0. The van der Waals surface area contributed by atoms with Crippen LogP contribution in [0.3, 0.4) is 0 Å². The standard InChI is InChI=1S/C66H44N6O2S/c1-66(2)52-39-44(31-36-59(52)75(73,74)60-37-32-46(40-53(60)66)71-54-27-15-12-24-47(54)48-25-13-16-28-55(48)71)43-30-34-57-51(38-43)49-33-35-58-61(50-26-14-17-29-56(50)70(58)45-22-10-5-11-23-45)62(49)72(57)65-68-63(41-18-6-3-7-19-41)67-64(69-65)42-20-8-4-9-21-42/h3-40H,1-2H3. The van der Waals surface area contributed by atoms with E-state index < -0.39 is 15.3 Å². The lowest BCUT2D eigenvalue weighted by Gasteiger charge is -2.35. The van der Waals surface area contributed by atoms with Crippen LogP contribution in [0, 0.1) is 0 Å². The third-order valence-corrected chi connectivity index (χ3v) is 17.4. The molecule has 0 amide bonds. The summed E-state index contributed by atoms with van der Waals surface area (Å²) in [5.41, 5.74) is 12.7. The SMILES string of the molecule is CC1(C)c2cc(-c3ccc4c(c3)c3ccc5c(c6ccccc6n5-c5ccccc5)c3n4-c3nc(-c4ccccc4)nc(-c4ccccc4)n3)ccc2S(=O)(=O)c2ccc(-n3c4ccccc4c4ccccc43)cc21. The van der Waals surface area contributed by atoms with Gasteiger partial charge in [0.25, 0.3) is 0 Å². The van der Waals surface area contributed by atoms with Crippen LogP contribution in [0.4, 0.5) is 0 Å². The molecule has 0 atom stereocenters. The van der Waals surface area contributed by atoms with Crippen molar-refractivity contribution >= 4 is 75.3 Å². The Kier molecular flexibility index (Phi) is 9.23. The summed E-state index contributed by atoms with van der Waals surface area (Å²) in [5.74, 6) is 1.64. The number of hydrogen-bond donors (Lipinski definition) is 0. The number of fused-ring (bicyclic) bond motifs is 12. The van der Waals surface area contributed by atoms with Crippen molar-refractivity contribution in [2.24, 2.45) is 0 Å². The first kappa shape index (κ1) is 43.2. The van der Waals surface area contributed by atoms with E-state index >= 15 is 0 Å². The lowest BCUT2D eigenvalue weighted by molar-refractivity contribution is 0.555. The topological polar surface area (TPSA) is 87.6 Å². The van der Waals surface area contributed by atoms with Gasteiger partial charge >= 0.3 is 0 Å². The van der Waals surface area contributed by atoms with Gasteiger partial charge in [0.2, 0.25) is 15.8 Å². The van der Waals surface area contributed by atoms with Gasteiger partial charge in [0.05, 0.1) is 42.9 Å². The van der Waals surface area contributed by atoms with Crippen molar-refractivity contribution in [2.75, 3.05) is 0 Å². The third-order valence-electron chi connectivity index (χ3n) is 15.5. The van der Waals surface area contributed by atoms with Crippen molar-refractivity contribution in [3.05, 3.63) is 242 Å². The Labute approximate surface area is 432 Å². The van der Waals surface area contributed by atoms with Gasteiger partial charge in [-0.3, -0.25) is 4.57 Å². The Bertz CT molecular complexity index is 4690. The first-order chi connectivity index (χ1) is 36.7. The Morgan fingerprint density at radius 2 is 0.840 bits per heavy atom. The van der Waals surface area contributed by atoms with Gasteiger partial charge in [-0.1, -0.05) is 166 Å². The van der Waals surface area contributed by atoms with Crippen LogP contribution in [0.5, 0.6) is 0 Å². The highest BCUT2D eigenvalue weighted by Gasteiger charge is 2.41. The largest absolute Gasteiger partial charge is 0.309 e. The Hall–Kier alpha value is -9.44. The highest BCUT2D eigenvalue weighted by Crippen LogP contribution is 2.49. The fourth-order valence-corrected chi connectivity index (χ4v) is 13.9. The van der Waals surface area contributed by atoms with Crippen LogP contribution in [0.2, 0.25) is 0 Å². The second-order valence-electron chi connectivity index (χ2n) is 20.0. The third kappa shape index (κ3) is 6.34. The number of sulfone groups is 1. The molecule has 0 saturated heterocycles. The zero-order valence-corrected chi connectivity index (χ0v) is 41.7. The van der Waals surface area contributed by atoms with Gasteiger partial charge in [-0.2, -0.15) is 9.97 Å². The maximum Gasteiger partial charge on any atom is 0.238 e. The molecule has 1 aliphatic rings. The van der Waals surface area contributed by atoms with Crippen molar-refractivity contribution < 1.29 is 8.42 Å². The fraction of sp³-hybridized carbons (Fsp3) is 0.0455. The lowest BCUT2D eigenvalue weighted by Crippen LogP contribution is -2.30. The lowest BCUT2D eigenvalue weighted by atomic mass is 9.76. The molecule has 0 radical (unpaired) electrons. The Morgan fingerprint density at radius 3 is 1.48 bits per heavy atom. The van der Waals surface area contributed by atoms with Gasteiger partial charge in [0.15, 0.2) is 11.6 Å². The molecule has 0 N–H and O–H groups in total. The number of rotatable bonds is 6. The van der Waals surface area contributed by atoms with Gasteiger partial charge < -0.3 is 9.13 Å². The van der Waals surface area contributed by atoms with E-state index in [0.29, 0.717) is 27.4 Å². The maximum absolute atomic E-state index is 14.8. The average molecular weight is 985 g/mol. The van der Waals surface area contributed by atoms with Gasteiger partial charge in [-0.25, -0.2) is 13.4 Å². The van der Waals surface area contributed by atoms with E-state index in [9.17, 15) is 8.42 Å². The molecule has 0 bridgehead atoms. The summed E-state index contributed by atoms with van der Waals surface area (Å²) in [6.07, 6.45) is 0. The van der Waals surface area contributed by atoms with Crippen LogP contribution < -0.4 is 0 Å². The molecule has 0 fully saturated rings. The minimum atomic E-state index is -3.87. The van der Waals surface area contributed by atoms with Crippen LogP contribution in [-0.4, -0.2) is 37.1 Å². The van der Waals surface area contributed by atoms with Crippen molar-refractivity contribution in [2.45, 2.75) is 29.1 Å². The molecule has 0 saturated carbocycles. The van der Waals surface area contributed by atoms with Crippen LogP contribution in [0.15, 0.2) is 240 Å². The molecule has 5 heterocycles. The Balaban J connectivity index is 0.958. The summed E-state index contributed by atoms with van der Waals surface area (Å²) in [4.78, 5) is 16.4. The smallest absolute Gasteiger partial charge is 0.238 e. The average Bonchev–Trinajstić information content (AvgIpc) is 4.17. The molecule has 75 heavy (non-hydrogen) atoms. The molecule has 8 nitrogen and oxygen atoms in total. The molecular formula is C66H44N6O2S. The first-order valence-electron chi connectivity index (χ1n) is 25.2. The van der Waals surface area contributed by atoms with E-state index in [1.54, 1.807) is 6.07 Å². The molecule has 14 aromatic rings. The van der Waals surface area contributed by atoms with Crippen LogP contribution in [-0.2, 0) is 15.3 Å². The molecule has 10 aromatic carbocycles. The summed E-state index contributed by atoms with van der Waals surface area (Å²) >= 11 is 0. The highest BCUT2D eigenvalue weighted by molar-refractivity contribution is 7.91. The quantitative estimate of drug-likeness (QED) is 0.166. The molecular weight excluding hydrogens is 941 g/mol. The van der Waals surface area contributed by atoms with Crippen LogP contribution in [0.1, 0.15) is 25.0 Å². The van der Waals surface area contributed by atoms with E-state index in [4.69, 9.17) is 15.0 Å². The van der Waals surface area contributed by atoms with E-state index in [2.05, 4.69) is 167 Å². The van der Waals surface area contributed by atoms with Crippen molar-refractivity contribution in [3.8, 4) is 51.2 Å². The zero-order valence-electron chi connectivity index (χ0n) is 40.8. The number of hydrogen-bond acceptors (Lipinski definition) is 5. The molecule has 0 spiro atoms. The van der Waals surface area contributed by atoms with Gasteiger partial charge in [-0.05, 0) is 101 Å². The molecule has 1 aliphatic heterocycles. The number of nitrogens with zero attached hydrogens (tertiary/aromatic N) is 6. The van der Waals surface area contributed by atoms with Gasteiger partial charge in [0, 0.05) is 60.2 Å². The molecule has 356 valence electrons. The van der Waals surface area contributed by atoms with E-state index in [-0.39, 0.29) is 0 Å². The monoisotopic (exact) mass is 984 g/mol. The van der Waals surface area contributed by atoms with E-state index in [0.717, 1.165) is 110 Å².